The number of hydrogen-bond acceptors (Lipinski definition) is 9. The van der Waals surface area contributed by atoms with Gasteiger partial charge in [0.15, 0.2) is 8.07 Å². The van der Waals surface area contributed by atoms with Crippen LogP contribution in [0.1, 0.15) is 27.7 Å². The Morgan fingerprint density at radius 1 is 0.345 bits per heavy atom. The molecule has 3 aromatic rings. The fourth-order valence-corrected chi connectivity index (χ4v) is 15.7. The number of nitrogens with zero attached hydrogens (tertiary/aromatic N) is 9. The van der Waals surface area contributed by atoms with Crippen LogP contribution in [-0.2, 0) is 0 Å². The van der Waals surface area contributed by atoms with Gasteiger partial charge in [-0.1, -0.05) is 41.5 Å². The lowest BCUT2D eigenvalue weighted by molar-refractivity contribution is 0.851. The van der Waals surface area contributed by atoms with Gasteiger partial charge in [-0.3, -0.25) is 0 Å². The zero-order valence-electron chi connectivity index (χ0n) is 38.6. The molecule has 0 fully saturated rings. The molecule has 55 heavy (non-hydrogen) atoms. The number of allylic oxidation sites excluding steroid dienone is 4. The highest BCUT2D eigenvalue weighted by molar-refractivity contribution is 7.18. The van der Waals surface area contributed by atoms with Crippen molar-refractivity contribution in [3.63, 3.8) is 0 Å². The molecule has 9 nitrogen and oxygen atoms in total. The van der Waals surface area contributed by atoms with E-state index in [0.29, 0.717) is 0 Å². The molecule has 0 amide bonds. The topological polar surface area (TPSA) is 29.2 Å². The van der Waals surface area contributed by atoms with Crippen LogP contribution in [0.5, 0.6) is 0 Å². The van der Waals surface area contributed by atoms with E-state index in [4.69, 9.17) is 0 Å². The van der Waals surface area contributed by atoms with Crippen LogP contribution < -0.4 is 59.7 Å². The Bertz CT molecular complexity index is 1780. The van der Waals surface area contributed by atoms with Gasteiger partial charge in [0.1, 0.15) is 0 Å². The average Bonchev–Trinajstić information content (AvgIpc) is 3.28. The maximum atomic E-state index is 2.50. The van der Waals surface area contributed by atoms with Gasteiger partial charge in [0.05, 0.1) is 51.2 Å². The first-order chi connectivity index (χ1) is 25.5. The summed E-state index contributed by atoms with van der Waals surface area (Å²) in [6.45, 7) is 9.59. The summed E-state index contributed by atoms with van der Waals surface area (Å²) in [7, 11) is 36.2. The molecule has 4 rings (SSSR count). The molecule has 0 radical (unpaired) electrons. The van der Waals surface area contributed by atoms with Crippen molar-refractivity contribution in [2.24, 2.45) is 5.92 Å². The van der Waals surface area contributed by atoms with E-state index in [0.717, 1.165) is 0 Å². The molecule has 1 unspecified atom stereocenters. The highest BCUT2D eigenvalue weighted by Gasteiger charge is 2.54. The maximum absolute atomic E-state index is 3.35. The molecule has 3 aromatic carbocycles. The van der Waals surface area contributed by atoms with Gasteiger partial charge in [-0.05, 0) is 66.0 Å². The summed E-state index contributed by atoms with van der Waals surface area (Å²) in [4.78, 5) is 20.9. The zero-order valence-corrected chi connectivity index (χ0v) is 39.6. The fourth-order valence-electron chi connectivity index (χ4n) is 9.22. The van der Waals surface area contributed by atoms with Crippen LogP contribution in [0.2, 0.25) is 0 Å². The Labute approximate surface area is 336 Å². The van der Waals surface area contributed by atoms with Gasteiger partial charge in [-0.25, -0.2) is 0 Å². The molecule has 0 aliphatic heterocycles. The van der Waals surface area contributed by atoms with Gasteiger partial charge in [0.2, 0.25) is 0 Å². The fraction of sp³-hybridized carbons (Fsp3) is 0.511. The minimum Gasteiger partial charge on any atom is -0.376 e. The van der Waals surface area contributed by atoms with Crippen molar-refractivity contribution < 1.29 is 0 Å². The van der Waals surface area contributed by atoms with E-state index in [1.807, 2.05) is 0 Å². The normalized spacial score (nSPS) is 14.4. The van der Waals surface area contributed by atoms with Gasteiger partial charge in [-0.15, -0.1) is 0 Å². The Balaban J connectivity index is 2.65. The molecule has 1 aliphatic rings. The molecule has 0 saturated carbocycles. The molecule has 0 aromatic heterocycles. The molecule has 1 atom stereocenters. The summed E-state index contributed by atoms with van der Waals surface area (Å²) < 4.78 is 0. The van der Waals surface area contributed by atoms with Crippen molar-refractivity contribution in [2.75, 3.05) is 171 Å². The quantitative estimate of drug-likeness (QED) is 0.163. The Morgan fingerprint density at radius 2 is 0.600 bits per heavy atom. The Morgan fingerprint density at radius 3 is 0.782 bits per heavy atom. The zero-order chi connectivity index (χ0) is 41.8. The number of hydrogen-bond donors (Lipinski definition) is 0. The highest BCUT2D eigenvalue weighted by atomic mass is 28.3. The molecule has 0 N–H and O–H groups in total. The first-order valence-electron chi connectivity index (χ1n) is 19.4. The lowest BCUT2D eigenvalue weighted by Crippen LogP contribution is -2.71. The SMILES string of the molecule is CC1=C(C)C(C)C([Si](c2ccc(N(C)C)c(N(C)C)c2N(C)C)(c2ccc(N(C)C)c(N(C)C)c2N(C)C)c2ccc(N(C)C)c(N(C)C)c2N(C)C)=C1C. The molecule has 1 aliphatic carbocycles. The van der Waals surface area contributed by atoms with Crippen LogP contribution in [0.3, 0.4) is 0 Å². The van der Waals surface area contributed by atoms with E-state index in [2.05, 4.69) is 235 Å². The monoisotopic (exact) mass is 768 g/mol. The van der Waals surface area contributed by atoms with E-state index < -0.39 is 8.07 Å². The van der Waals surface area contributed by atoms with Crippen molar-refractivity contribution in [2.45, 2.75) is 27.7 Å². The van der Waals surface area contributed by atoms with Crippen LogP contribution in [-0.4, -0.2) is 135 Å². The standard InChI is InChI=1S/C45H73N9Si/c1-29-30(2)32(4)45(31(29)3)55(36-26-23-33(46(5)6)39(49(11)12)42(36)52(17)18,37-27-24-34(47(7)8)40(50(13)14)43(37)53(19)20)38-28-25-35(48(9)10)41(51(15)16)44(38)54(21)22/h23-28,31H,1-22H3. The second-order valence-electron chi connectivity index (χ2n) is 17.4. The summed E-state index contributed by atoms with van der Waals surface area (Å²) >= 11 is 0. The highest BCUT2D eigenvalue weighted by Crippen LogP contribution is 2.49. The average molecular weight is 768 g/mol. The Kier molecular flexibility index (Phi) is 12.6. The number of anilines is 9. The largest absolute Gasteiger partial charge is 0.376 e. The predicted molar refractivity (Wildman–Crippen MR) is 253 cm³/mol. The summed E-state index contributed by atoms with van der Waals surface area (Å²) in [5.74, 6) is 0.232. The van der Waals surface area contributed by atoms with Gasteiger partial charge >= 0.3 is 0 Å². The van der Waals surface area contributed by atoms with E-state index in [1.54, 1.807) is 5.20 Å². The van der Waals surface area contributed by atoms with Gasteiger partial charge in [-0.2, -0.15) is 0 Å². The molecular weight excluding hydrogens is 695 g/mol. The lowest BCUT2D eigenvalue weighted by Gasteiger charge is -2.46. The second-order valence-corrected chi connectivity index (χ2v) is 21.0. The van der Waals surface area contributed by atoms with Gasteiger partial charge < -0.3 is 44.1 Å². The van der Waals surface area contributed by atoms with Crippen LogP contribution in [0.15, 0.2) is 58.3 Å². The lowest BCUT2D eigenvalue weighted by atomic mass is 10.1. The van der Waals surface area contributed by atoms with Gasteiger partial charge in [0.25, 0.3) is 0 Å². The first-order valence-corrected chi connectivity index (χ1v) is 21.4. The minimum absolute atomic E-state index is 0.232. The molecule has 0 spiro atoms. The van der Waals surface area contributed by atoms with Crippen molar-refractivity contribution in [1.82, 2.24) is 0 Å². The third-order valence-corrected chi connectivity index (χ3v) is 17.0. The van der Waals surface area contributed by atoms with E-state index in [-0.39, 0.29) is 5.92 Å². The molecule has 0 heterocycles. The Hall–Kier alpha value is -4.44. The number of rotatable bonds is 13. The van der Waals surface area contributed by atoms with Crippen LogP contribution >= 0.6 is 0 Å². The third kappa shape index (κ3) is 7.00. The maximum Gasteiger partial charge on any atom is 0.183 e. The minimum atomic E-state index is -3.35. The first kappa shape index (κ1) is 43.3. The van der Waals surface area contributed by atoms with Gasteiger partial charge in [0, 0.05) is 127 Å². The second kappa shape index (κ2) is 16.0. The summed E-state index contributed by atoms with van der Waals surface area (Å²) in [6, 6.07) is 14.7. The summed E-state index contributed by atoms with van der Waals surface area (Å²) in [6.07, 6.45) is 0. The van der Waals surface area contributed by atoms with Crippen LogP contribution in [0.25, 0.3) is 0 Å². The van der Waals surface area contributed by atoms with E-state index in [9.17, 15) is 0 Å². The van der Waals surface area contributed by atoms with Crippen molar-refractivity contribution in [3.05, 3.63) is 58.3 Å². The predicted octanol–water partition coefficient (Wildman–Crippen LogP) is 5.59. The van der Waals surface area contributed by atoms with Crippen LogP contribution in [0, 0.1) is 5.92 Å². The molecular formula is C45H73N9Si. The summed E-state index contributed by atoms with van der Waals surface area (Å²) in [5.41, 5.74) is 15.4. The molecule has 0 saturated heterocycles. The number of benzene rings is 3. The smallest absolute Gasteiger partial charge is 0.183 e. The molecule has 0 bridgehead atoms. The summed E-state index contributed by atoms with van der Waals surface area (Å²) in [5, 5.41) is 5.74. The van der Waals surface area contributed by atoms with E-state index in [1.165, 1.54) is 83.5 Å². The van der Waals surface area contributed by atoms with E-state index >= 15 is 0 Å². The molecule has 302 valence electrons. The third-order valence-electron chi connectivity index (χ3n) is 11.8. The van der Waals surface area contributed by atoms with Crippen molar-refractivity contribution >= 4 is 74.8 Å². The van der Waals surface area contributed by atoms with Crippen LogP contribution in [0.4, 0.5) is 51.2 Å². The van der Waals surface area contributed by atoms with Crippen molar-refractivity contribution in [1.29, 1.82) is 0 Å². The molecule has 10 heteroatoms. The van der Waals surface area contributed by atoms with Crippen molar-refractivity contribution in [3.8, 4) is 0 Å².